The fourth-order valence-electron chi connectivity index (χ4n) is 2.93. The van der Waals surface area contributed by atoms with E-state index in [0.29, 0.717) is 12.8 Å². The number of nitrogens with one attached hydrogen (secondary N) is 1. The van der Waals surface area contributed by atoms with Gasteiger partial charge in [0.1, 0.15) is 6.04 Å². The molecule has 2 rings (SSSR count). The molecule has 3 nitrogen and oxygen atoms in total. The highest BCUT2D eigenvalue weighted by Gasteiger charge is 2.51. The van der Waals surface area contributed by atoms with Crippen LogP contribution in [0.1, 0.15) is 38.7 Å². The van der Waals surface area contributed by atoms with E-state index < -0.39 is 17.8 Å². The third kappa shape index (κ3) is 4.47. The fraction of sp³-hybridized carbons (Fsp3) is 0.562. The minimum Gasteiger partial charge on any atom is -0.288 e. The van der Waals surface area contributed by atoms with Gasteiger partial charge < -0.3 is 0 Å². The highest BCUT2D eigenvalue weighted by molar-refractivity contribution is 9.10. The van der Waals surface area contributed by atoms with E-state index >= 15 is 0 Å². The Morgan fingerprint density at radius 2 is 2.00 bits per heavy atom. The second-order valence-corrected chi connectivity index (χ2v) is 7.29. The molecule has 1 aromatic rings. The molecule has 1 aliphatic heterocycles. The van der Waals surface area contributed by atoms with Crippen molar-refractivity contribution < 1.29 is 18.0 Å². The number of nitrogens with zero attached hydrogens (tertiary/aromatic N) is 1. The van der Waals surface area contributed by atoms with Crippen LogP contribution in [0.15, 0.2) is 28.7 Å². The van der Waals surface area contributed by atoms with Crippen molar-refractivity contribution in [3.63, 3.8) is 0 Å². The topological polar surface area (TPSA) is 32.3 Å². The Labute approximate surface area is 142 Å². The zero-order valence-electron chi connectivity index (χ0n) is 13.1. The first-order chi connectivity index (χ1) is 10.6. The summed E-state index contributed by atoms with van der Waals surface area (Å²) in [5, 5.41) is 1.08. The van der Waals surface area contributed by atoms with Crippen molar-refractivity contribution >= 4 is 21.8 Å². The normalized spacial score (nSPS) is 19.7. The molecule has 1 unspecified atom stereocenters. The van der Waals surface area contributed by atoms with Crippen LogP contribution in [0.2, 0.25) is 0 Å². The molecular weight excluding hydrogens is 373 g/mol. The van der Waals surface area contributed by atoms with Crippen LogP contribution < -0.4 is 5.43 Å². The number of hydrazine groups is 1. The lowest BCUT2D eigenvalue weighted by atomic mass is 9.97. The Morgan fingerprint density at radius 1 is 1.35 bits per heavy atom. The van der Waals surface area contributed by atoms with Crippen molar-refractivity contribution in [2.24, 2.45) is 0 Å². The Kier molecular flexibility index (Phi) is 5.41. The van der Waals surface area contributed by atoms with Crippen molar-refractivity contribution in [1.29, 1.82) is 0 Å². The number of hydrogen-bond acceptors (Lipinski definition) is 2. The van der Waals surface area contributed by atoms with Gasteiger partial charge in [-0.15, -0.1) is 0 Å². The van der Waals surface area contributed by atoms with Gasteiger partial charge in [0.05, 0.1) is 0 Å². The maximum absolute atomic E-state index is 13.4. The van der Waals surface area contributed by atoms with Gasteiger partial charge in [-0.25, -0.2) is 5.01 Å². The lowest BCUT2D eigenvalue weighted by molar-refractivity contribution is -0.202. The number of aryl methyl sites for hydroxylation is 1. The lowest BCUT2D eigenvalue weighted by Crippen LogP contribution is -2.56. The summed E-state index contributed by atoms with van der Waals surface area (Å²) in [7, 11) is 0. The van der Waals surface area contributed by atoms with Crippen LogP contribution in [0.25, 0.3) is 0 Å². The van der Waals surface area contributed by atoms with Gasteiger partial charge >= 0.3 is 6.18 Å². The summed E-state index contributed by atoms with van der Waals surface area (Å²) in [4.78, 5) is 11.5. The van der Waals surface area contributed by atoms with Crippen molar-refractivity contribution in [1.82, 2.24) is 10.4 Å². The zero-order valence-corrected chi connectivity index (χ0v) is 14.7. The molecule has 1 fully saturated rings. The Morgan fingerprint density at radius 3 is 2.52 bits per heavy atom. The van der Waals surface area contributed by atoms with E-state index in [1.165, 1.54) is 0 Å². The summed E-state index contributed by atoms with van der Waals surface area (Å²) in [6.07, 6.45) is -3.44. The maximum atomic E-state index is 13.4. The summed E-state index contributed by atoms with van der Waals surface area (Å²) >= 11 is 3.41. The molecule has 7 heteroatoms. The second kappa shape index (κ2) is 6.81. The molecule has 128 valence electrons. The highest BCUT2D eigenvalue weighted by Crippen LogP contribution is 2.35. The number of alkyl halides is 3. The van der Waals surface area contributed by atoms with Crippen molar-refractivity contribution in [3.8, 4) is 0 Å². The predicted molar refractivity (Wildman–Crippen MR) is 85.6 cm³/mol. The molecule has 0 aliphatic carbocycles. The molecule has 1 aromatic carbocycles. The number of carbonyl (C=O) groups is 1. The van der Waals surface area contributed by atoms with Crippen LogP contribution in [-0.4, -0.2) is 28.7 Å². The first-order valence-electron chi connectivity index (χ1n) is 7.50. The number of amides is 1. The van der Waals surface area contributed by atoms with Gasteiger partial charge in [0, 0.05) is 16.4 Å². The average Bonchev–Trinajstić information content (AvgIpc) is 2.68. The number of carbonyl (C=O) groups excluding carboxylic acids is 1. The van der Waals surface area contributed by atoms with E-state index in [1.54, 1.807) is 13.8 Å². The Hall–Kier alpha value is -1.08. The van der Waals surface area contributed by atoms with Crippen LogP contribution in [-0.2, 0) is 11.2 Å². The van der Waals surface area contributed by atoms with E-state index in [4.69, 9.17) is 0 Å². The number of halogens is 4. The summed E-state index contributed by atoms with van der Waals surface area (Å²) in [5.74, 6) is -0.366. The molecule has 0 bridgehead atoms. The van der Waals surface area contributed by atoms with Gasteiger partial charge in [-0.3, -0.25) is 10.2 Å². The third-order valence-electron chi connectivity index (χ3n) is 4.06. The number of hydrogen-bond donors (Lipinski definition) is 1. The second-order valence-electron chi connectivity index (χ2n) is 6.44. The molecule has 0 saturated carbocycles. The lowest BCUT2D eigenvalue weighted by Gasteiger charge is -2.37. The predicted octanol–water partition coefficient (Wildman–Crippen LogP) is 4.22. The van der Waals surface area contributed by atoms with E-state index in [-0.39, 0.29) is 18.7 Å². The SMILES string of the molecule is CC1(C)CC(=O)NN1C(CCCc1ccccc1Br)C(F)(F)F. The van der Waals surface area contributed by atoms with Crippen LogP contribution in [0.5, 0.6) is 0 Å². The van der Waals surface area contributed by atoms with Gasteiger partial charge in [0.25, 0.3) is 0 Å². The average molecular weight is 393 g/mol. The molecule has 23 heavy (non-hydrogen) atoms. The largest absolute Gasteiger partial charge is 0.405 e. The molecule has 0 radical (unpaired) electrons. The minimum atomic E-state index is -4.39. The summed E-state index contributed by atoms with van der Waals surface area (Å²) in [6.45, 7) is 3.30. The fourth-order valence-corrected chi connectivity index (χ4v) is 3.41. The third-order valence-corrected chi connectivity index (χ3v) is 4.84. The first-order valence-corrected chi connectivity index (χ1v) is 8.29. The van der Waals surface area contributed by atoms with E-state index in [9.17, 15) is 18.0 Å². The molecule has 1 amide bonds. The number of rotatable bonds is 5. The summed E-state index contributed by atoms with van der Waals surface area (Å²) in [5.41, 5.74) is 2.52. The molecule has 1 aliphatic rings. The zero-order chi connectivity index (χ0) is 17.3. The van der Waals surface area contributed by atoms with Gasteiger partial charge in [0.2, 0.25) is 5.91 Å². The van der Waals surface area contributed by atoms with E-state index in [1.807, 2.05) is 24.3 Å². The van der Waals surface area contributed by atoms with Gasteiger partial charge in [0.15, 0.2) is 0 Å². The smallest absolute Gasteiger partial charge is 0.288 e. The molecule has 0 aromatic heterocycles. The molecule has 1 atom stereocenters. The highest BCUT2D eigenvalue weighted by atomic mass is 79.9. The Bertz CT molecular complexity index is 575. The quantitative estimate of drug-likeness (QED) is 0.813. The molecule has 0 spiro atoms. The molecular formula is C16H20BrF3N2O. The van der Waals surface area contributed by atoms with Crippen molar-refractivity contribution in [2.75, 3.05) is 0 Å². The van der Waals surface area contributed by atoms with E-state index in [0.717, 1.165) is 15.0 Å². The molecule has 1 N–H and O–H groups in total. The minimum absolute atomic E-state index is 0.0610. The van der Waals surface area contributed by atoms with Crippen molar-refractivity contribution in [2.45, 2.75) is 57.3 Å². The van der Waals surface area contributed by atoms with Crippen LogP contribution in [0, 0.1) is 0 Å². The standard InChI is InChI=1S/C16H20BrF3N2O/c1-15(2)10-14(23)21-22(15)13(16(18,19)20)9-5-7-11-6-3-4-8-12(11)17/h3-4,6,8,13H,5,7,9-10H2,1-2H3,(H,21,23). The summed E-state index contributed by atoms with van der Waals surface area (Å²) < 4.78 is 41.2. The van der Waals surface area contributed by atoms with Gasteiger partial charge in [-0.2, -0.15) is 13.2 Å². The maximum Gasteiger partial charge on any atom is 0.405 e. The monoisotopic (exact) mass is 392 g/mol. The van der Waals surface area contributed by atoms with Crippen molar-refractivity contribution in [3.05, 3.63) is 34.3 Å². The number of benzene rings is 1. The molecule has 1 heterocycles. The van der Waals surface area contributed by atoms with Crippen LogP contribution >= 0.6 is 15.9 Å². The van der Waals surface area contributed by atoms with Gasteiger partial charge in [-0.05, 0) is 44.7 Å². The van der Waals surface area contributed by atoms with Gasteiger partial charge in [-0.1, -0.05) is 34.1 Å². The Balaban J connectivity index is 2.06. The summed E-state index contributed by atoms with van der Waals surface area (Å²) in [6, 6.07) is 5.83. The van der Waals surface area contributed by atoms with Crippen LogP contribution in [0.3, 0.4) is 0 Å². The first kappa shape index (κ1) is 18.3. The molecule has 1 saturated heterocycles. The van der Waals surface area contributed by atoms with E-state index in [2.05, 4.69) is 21.4 Å². The van der Waals surface area contributed by atoms with Crippen LogP contribution in [0.4, 0.5) is 13.2 Å².